The molecule has 0 atom stereocenters. The summed E-state index contributed by atoms with van der Waals surface area (Å²) in [6.07, 6.45) is 14.1. The second kappa shape index (κ2) is 15.6. The number of aromatic nitrogens is 1. The molecule has 0 unspecified atom stereocenters. The van der Waals surface area contributed by atoms with Gasteiger partial charge < -0.3 is 0 Å². The van der Waals surface area contributed by atoms with Crippen molar-refractivity contribution >= 4 is 40.6 Å². The maximum absolute atomic E-state index is 4.82. The zero-order chi connectivity index (χ0) is 32.5. The second-order valence-corrected chi connectivity index (χ2v) is 16.3. The molecular formula is C43H36NOsPS+. The molecule has 1 aliphatic carbocycles. The fourth-order valence-electron chi connectivity index (χ4n) is 6.20. The van der Waals surface area contributed by atoms with Crippen LogP contribution in [0.4, 0.5) is 0 Å². The van der Waals surface area contributed by atoms with Gasteiger partial charge in [0.1, 0.15) is 0 Å². The van der Waals surface area contributed by atoms with E-state index in [9.17, 15) is 0 Å². The number of nitrogens with zero attached hydrogens (tertiary/aromatic N) is 1. The average molecular weight is 820 g/mol. The molecule has 6 rings (SSSR count). The van der Waals surface area contributed by atoms with Crippen LogP contribution in [0.25, 0.3) is 16.6 Å². The van der Waals surface area contributed by atoms with Crippen molar-refractivity contribution in [3.8, 4) is 26.8 Å². The van der Waals surface area contributed by atoms with Gasteiger partial charge >= 0.3 is 276 Å². The molecule has 0 bridgehead atoms. The topological polar surface area (TPSA) is 12.9 Å². The molecule has 4 heteroatoms. The molecule has 2 heterocycles. The maximum atomic E-state index is 4.82. The molecule has 1 fully saturated rings. The van der Waals surface area contributed by atoms with E-state index in [1.165, 1.54) is 43.7 Å². The van der Waals surface area contributed by atoms with Crippen molar-refractivity contribution in [2.75, 3.05) is 0 Å². The van der Waals surface area contributed by atoms with Crippen LogP contribution in [0.5, 0.6) is 0 Å². The minimum absolute atomic E-state index is 0.897. The third-order valence-electron chi connectivity index (χ3n) is 8.39. The molecule has 0 radical (unpaired) electrons. The number of pyridine rings is 1. The van der Waals surface area contributed by atoms with Crippen LogP contribution in [0.1, 0.15) is 43.6 Å². The minimum atomic E-state index is -2.39. The summed E-state index contributed by atoms with van der Waals surface area (Å²) >= 11 is 3.55. The van der Waals surface area contributed by atoms with E-state index in [1.54, 1.807) is 29.3 Å². The number of hydrogen-bond acceptors (Lipinski definition) is 2. The molecule has 2 aromatic heterocycles. The summed E-state index contributed by atoms with van der Waals surface area (Å²) in [5, 5.41) is 5.05. The Morgan fingerprint density at radius 2 is 1.38 bits per heavy atom. The second-order valence-electron chi connectivity index (χ2n) is 11.2. The first-order valence-electron chi connectivity index (χ1n) is 15.9. The molecule has 0 saturated heterocycles. The Hall–Kier alpha value is -4.12. The van der Waals surface area contributed by atoms with Gasteiger partial charge in [0.2, 0.25) is 0 Å². The molecule has 231 valence electrons. The number of benzene rings is 3. The Morgan fingerprint density at radius 1 is 0.766 bits per heavy atom. The van der Waals surface area contributed by atoms with Gasteiger partial charge in [-0.1, -0.05) is 6.08 Å². The quantitative estimate of drug-likeness (QED) is 0.118. The van der Waals surface area contributed by atoms with E-state index in [-0.39, 0.29) is 0 Å². The summed E-state index contributed by atoms with van der Waals surface area (Å²) < 4.78 is 3.80. The first kappa shape index (κ1) is 32.8. The summed E-state index contributed by atoms with van der Waals surface area (Å²) in [4.78, 5) is 7.21. The molecule has 0 spiro atoms. The molecular weight excluding hydrogens is 784 g/mol. The first-order chi connectivity index (χ1) is 23.2. The first-order valence-corrected chi connectivity index (χ1v) is 19.8. The third-order valence-corrected chi connectivity index (χ3v) is 14.8. The molecule has 0 aliphatic heterocycles. The third kappa shape index (κ3) is 7.10. The zero-order valence-electron chi connectivity index (χ0n) is 26.6. The van der Waals surface area contributed by atoms with Crippen molar-refractivity contribution in [1.82, 2.24) is 4.98 Å². The van der Waals surface area contributed by atoms with E-state index in [0.29, 0.717) is 0 Å². The van der Waals surface area contributed by atoms with Gasteiger partial charge in [-0.15, -0.1) is 0 Å². The van der Waals surface area contributed by atoms with Gasteiger partial charge in [-0.05, 0) is 13.0 Å². The van der Waals surface area contributed by atoms with E-state index in [0.717, 1.165) is 34.5 Å². The predicted octanol–water partition coefficient (Wildman–Crippen LogP) is 10.0. The summed E-state index contributed by atoms with van der Waals surface area (Å²) in [6, 6.07) is 41.4. The Balaban J connectivity index is 1.59. The van der Waals surface area contributed by atoms with E-state index in [4.69, 9.17) is 4.98 Å². The number of rotatable bonds is 7. The van der Waals surface area contributed by atoms with Crippen LogP contribution in [0.15, 0.2) is 162 Å². The van der Waals surface area contributed by atoms with Crippen molar-refractivity contribution in [3.63, 3.8) is 0 Å². The molecule has 0 N–H and O–H groups in total. The Bertz CT molecular complexity index is 1970. The molecule has 5 aromatic rings. The normalized spacial score (nSPS) is 15.4. The van der Waals surface area contributed by atoms with Crippen LogP contribution in [0.3, 0.4) is 0 Å². The Labute approximate surface area is 293 Å². The molecule has 1 nitrogen and oxygen atoms in total. The van der Waals surface area contributed by atoms with Crippen LogP contribution in [0.2, 0.25) is 0 Å². The number of allylic oxidation sites excluding steroid dienone is 7. The van der Waals surface area contributed by atoms with Crippen LogP contribution < -0.4 is 15.9 Å². The van der Waals surface area contributed by atoms with Crippen molar-refractivity contribution in [2.45, 2.75) is 33.1 Å². The van der Waals surface area contributed by atoms with Crippen LogP contribution in [-0.4, -0.2) is 4.98 Å². The molecule has 1 aliphatic rings. The van der Waals surface area contributed by atoms with Gasteiger partial charge in [-0.2, -0.15) is 0 Å². The summed E-state index contributed by atoms with van der Waals surface area (Å²) in [5.41, 5.74) is 5.69. The van der Waals surface area contributed by atoms with E-state index >= 15 is 0 Å². The fourth-order valence-corrected chi connectivity index (χ4v) is 12.9. The average Bonchev–Trinajstić information content (AvgIpc) is 3.80. The van der Waals surface area contributed by atoms with Gasteiger partial charge in [-0.25, -0.2) is 0 Å². The molecule has 3 aromatic carbocycles. The van der Waals surface area contributed by atoms with Gasteiger partial charge in [0.05, 0.1) is 0 Å². The summed E-state index contributed by atoms with van der Waals surface area (Å²) in [6.45, 7) is 4.20. The standard InChI is InChI=1S/C43H36NPS.Os/c1-4-16-41-28-30-43(46-41)42-29-26-34(32-44-42)25-27-36(31-37-18-15-17-35(37)5-2)33(3)45(38-19-9-6-10-20-38,39-21-11-7-12-22-39)40-23-13-8-14-24-40;/h4-14,16,19-24,26,28-32H,15,17-18H2,1-2H3;/q+1;/b16-4+,35-5?,36-33?,37-31?;. The van der Waals surface area contributed by atoms with E-state index < -0.39 is 7.26 Å². The predicted molar refractivity (Wildman–Crippen MR) is 201 cm³/mol. The fraction of sp³-hybridized carbons (Fsp3) is 0.116. The Kier molecular flexibility index (Phi) is 10.9. The number of hydrogen-bond donors (Lipinski definition) is 0. The van der Waals surface area contributed by atoms with Gasteiger partial charge in [-0.3, -0.25) is 0 Å². The van der Waals surface area contributed by atoms with Crippen molar-refractivity contribution in [1.29, 1.82) is 0 Å². The van der Waals surface area contributed by atoms with Crippen LogP contribution >= 0.6 is 18.6 Å². The van der Waals surface area contributed by atoms with Gasteiger partial charge in [0.15, 0.2) is 0 Å². The van der Waals surface area contributed by atoms with Crippen molar-refractivity contribution in [3.05, 3.63) is 172 Å². The summed E-state index contributed by atoms with van der Waals surface area (Å²) in [7, 11) is -2.39. The van der Waals surface area contributed by atoms with E-state index in [2.05, 4.69) is 163 Å². The Morgan fingerprint density at radius 3 is 1.91 bits per heavy atom. The van der Waals surface area contributed by atoms with E-state index in [1.807, 2.05) is 13.1 Å². The molecule has 1 saturated carbocycles. The van der Waals surface area contributed by atoms with Gasteiger partial charge in [0, 0.05) is 0 Å². The van der Waals surface area contributed by atoms with Crippen molar-refractivity contribution < 1.29 is 17.9 Å². The summed E-state index contributed by atoms with van der Waals surface area (Å²) in [5.74, 6) is 7.24. The molecule has 47 heavy (non-hydrogen) atoms. The van der Waals surface area contributed by atoms with Crippen LogP contribution in [-0.2, 0) is 17.9 Å². The van der Waals surface area contributed by atoms with Gasteiger partial charge in [0.25, 0.3) is 0 Å². The SMILES string of the molecule is CC=C1CCCC1=CC(C#Cc1ccc(-c2ccc(/C=C/C)s2)nc1)=C([C]#[Os])[P+](c1ccccc1)(c1ccccc1)c1ccccc1. The number of thiophene rings is 1. The molecule has 0 amide bonds. The van der Waals surface area contributed by atoms with Crippen LogP contribution in [0, 0.1) is 16.2 Å². The zero-order valence-corrected chi connectivity index (χ0v) is 30.9. The monoisotopic (exact) mass is 821 g/mol. The van der Waals surface area contributed by atoms with Crippen molar-refractivity contribution in [2.24, 2.45) is 0 Å².